The summed E-state index contributed by atoms with van der Waals surface area (Å²) in [6.07, 6.45) is 6.28. The molecule has 0 bridgehead atoms. The van der Waals surface area contributed by atoms with Crippen LogP contribution in [0.2, 0.25) is 0 Å². The zero-order chi connectivity index (χ0) is 17.9. The second kappa shape index (κ2) is 14.0. The van der Waals surface area contributed by atoms with Gasteiger partial charge in [0.05, 0.1) is 12.6 Å². The quantitative estimate of drug-likeness (QED) is 0.212. The van der Waals surface area contributed by atoms with E-state index >= 15 is 0 Å². The summed E-state index contributed by atoms with van der Waals surface area (Å²) in [6, 6.07) is 0.828. The van der Waals surface area contributed by atoms with Crippen LogP contribution in [-0.2, 0) is 9.47 Å². The summed E-state index contributed by atoms with van der Waals surface area (Å²) in [7, 11) is 1.74. The molecule has 6 nitrogen and oxygen atoms in total. The standard InChI is InChI=1S/C19H38N4O2.HI/c1-4-20-19(21-11-14-22(5-2)17-7-8-17)23-12-9-18(10-13-23)25-16-6-15-24-3;/h17-18H,4-16H2,1-3H3,(H,20,21);1H. The SMILES string of the molecule is CCNC(=NCCN(CC)C1CC1)N1CCC(OCCCOC)CC1.I. The number of piperidine rings is 1. The zero-order valence-corrected chi connectivity index (χ0v) is 19.2. The molecule has 0 aromatic heterocycles. The highest BCUT2D eigenvalue weighted by Gasteiger charge is 2.27. The Bertz CT molecular complexity index is 386. The lowest BCUT2D eigenvalue weighted by Crippen LogP contribution is -2.47. The topological polar surface area (TPSA) is 49.3 Å². The molecule has 1 heterocycles. The van der Waals surface area contributed by atoms with Crippen molar-refractivity contribution >= 4 is 29.9 Å². The third kappa shape index (κ3) is 8.71. The highest BCUT2D eigenvalue weighted by molar-refractivity contribution is 14.0. The van der Waals surface area contributed by atoms with Crippen molar-refractivity contribution in [1.82, 2.24) is 15.1 Å². The molecular formula is C19H39IN4O2. The maximum atomic E-state index is 5.96. The average Bonchev–Trinajstić information content (AvgIpc) is 3.47. The van der Waals surface area contributed by atoms with Crippen LogP contribution in [0, 0.1) is 0 Å². The number of rotatable bonds is 11. The fourth-order valence-corrected chi connectivity index (χ4v) is 3.44. The minimum absolute atomic E-state index is 0. The fourth-order valence-electron chi connectivity index (χ4n) is 3.44. The van der Waals surface area contributed by atoms with Crippen LogP contribution in [0.3, 0.4) is 0 Å². The number of hydrogen-bond acceptors (Lipinski definition) is 4. The first-order valence-electron chi connectivity index (χ1n) is 10.2. The maximum absolute atomic E-state index is 5.96. The van der Waals surface area contributed by atoms with Gasteiger partial charge in [0.25, 0.3) is 0 Å². The Balaban J connectivity index is 0.00000338. The van der Waals surface area contributed by atoms with Gasteiger partial charge in [-0.1, -0.05) is 6.92 Å². The first-order chi connectivity index (χ1) is 12.3. The Morgan fingerprint density at radius 2 is 1.88 bits per heavy atom. The molecule has 0 spiro atoms. The van der Waals surface area contributed by atoms with Gasteiger partial charge in [-0.15, -0.1) is 24.0 Å². The van der Waals surface area contributed by atoms with Gasteiger partial charge in [-0.05, 0) is 45.6 Å². The first-order valence-corrected chi connectivity index (χ1v) is 10.2. The van der Waals surface area contributed by atoms with Gasteiger partial charge in [0, 0.05) is 52.5 Å². The van der Waals surface area contributed by atoms with E-state index in [0.717, 1.165) is 83.7 Å². The molecule has 0 amide bonds. The van der Waals surface area contributed by atoms with E-state index in [1.54, 1.807) is 7.11 Å². The lowest BCUT2D eigenvalue weighted by Gasteiger charge is -2.34. The molecule has 7 heteroatoms. The Hall–Kier alpha value is -0.120. The van der Waals surface area contributed by atoms with Crippen LogP contribution < -0.4 is 5.32 Å². The lowest BCUT2D eigenvalue weighted by molar-refractivity contribution is 0.00990. The van der Waals surface area contributed by atoms with Gasteiger partial charge in [0.2, 0.25) is 0 Å². The van der Waals surface area contributed by atoms with Gasteiger partial charge in [0.15, 0.2) is 5.96 Å². The maximum Gasteiger partial charge on any atom is 0.193 e. The van der Waals surface area contributed by atoms with Crippen LogP contribution in [0.4, 0.5) is 0 Å². The summed E-state index contributed by atoms with van der Waals surface area (Å²) in [5, 5.41) is 3.46. The van der Waals surface area contributed by atoms with Crippen LogP contribution in [0.5, 0.6) is 0 Å². The van der Waals surface area contributed by atoms with E-state index in [0.29, 0.717) is 6.10 Å². The van der Waals surface area contributed by atoms with Gasteiger partial charge >= 0.3 is 0 Å². The third-order valence-electron chi connectivity index (χ3n) is 5.04. The Morgan fingerprint density at radius 3 is 2.46 bits per heavy atom. The van der Waals surface area contributed by atoms with E-state index in [1.807, 2.05) is 0 Å². The van der Waals surface area contributed by atoms with Gasteiger partial charge < -0.3 is 19.7 Å². The molecule has 2 fully saturated rings. The van der Waals surface area contributed by atoms with E-state index in [1.165, 1.54) is 12.8 Å². The van der Waals surface area contributed by atoms with Crippen molar-refractivity contribution in [3.05, 3.63) is 0 Å². The summed E-state index contributed by atoms with van der Waals surface area (Å²) >= 11 is 0. The summed E-state index contributed by atoms with van der Waals surface area (Å²) in [5.41, 5.74) is 0. The summed E-state index contributed by atoms with van der Waals surface area (Å²) in [6.45, 7) is 12.1. The van der Waals surface area contributed by atoms with Crippen LogP contribution in [0.25, 0.3) is 0 Å². The number of nitrogens with one attached hydrogen (secondary N) is 1. The molecule has 0 aromatic rings. The van der Waals surface area contributed by atoms with Gasteiger partial charge in [-0.25, -0.2) is 0 Å². The number of halogens is 1. The number of nitrogens with zero attached hydrogens (tertiary/aromatic N) is 3. The number of guanidine groups is 1. The largest absolute Gasteiger partial charge is 0.385 e. The summed E-state index contributed by atoms with van der Waals surface area (Å²) in [4.78, 5) is 9.84. The van der Waals surface area contributed by atoms with Crippen molar-refractivity contribution in [3.63, 3.8) is 0 Å². The predicted octanol–water partition coefficient (Wildman–Crippen LogP) is 2.57. The van der Waals surface area contributed by atoms with Crippen LogP contribution >= 0.6 is 24.0 Å². The molecule has 0 aromatic carbocycles. The summed E-state index contributed by atoms with van der Waals surface area (Å²) in [5.74, 6) is 1.08. The molecule has 1 saturated carbocycles. The van der Waals surface area contributed by atoms with Crippen LogP contribution in [0.1, 0.15) is 46.0 Å². The van der Waals surface area contributed by atoms with Crippen molar-refractivity contribution in [1.29, 1.82) is 0 Å². The van der Waals surface area contributed by atoms with E-state index in [9.17, 15) is 0 Å². The zero-order valence-electron chi connectivity index (χ0n) is 16.9. The molecule has 26 heavy (non-hydrogen) atoms. The molecule has 1 saturated heterocycles. The molecule has 0 radical (unpaired) electrons. The molecule has 0 unspecified atom stereocenters. The Morgan fingerprint density at radius 1 is 1.15 bits per heavy atom. The lowest BCUT2D eigenvalue weighted by atomic mass is 10.1. The number of ether oxygens (including phenoxy) is 2. The van der Waals surface area contributed by atoms with Gasteiger partial charge in [-0.3, -0.25) is 9.89 Å². The Labute approximate surface area is 177 Å². The number of likely N-dealkylation sites (tertiary alicyclic amines) is 1. The van der Waals surface area contributed by atoms with Crippen molar-refractivity contribution in [2.75, 3.05) is 59.6 Å². The van der Waals surface area contributed by atoms with Crippen molar-refractivity contribution in [2.45, 2.75) is 58.1 Å². The normalized spacial score (nSPS) is 18.9. The van der Waals surface area contributed by atoms with E-state index in [4.69, 9.17) is 14.5 Å². The fraction of sp³-hybridized carbons (Fsp3) is 0.947. The van der Waals surface area contributed by atoms with Crippen molar-refractivity contribution in [3.8, 4) is 0 Å². The second-order valence-corrected chi connectivity index (χ2v) is 7.00. The minimum atomic E-state index is 0. The molecule has 154 valence electrons. The highest BCUT2D eigenvalue weighted by atomic mass is 127. The number of hydrogen-bond donors (Lipinski definition) is 1. The summed E-state index contributed by atoms with van der Waals surface area (Å²) < 4.78 is 11.0. The number of likely N-dealkylation sites (N-methyl/N-ethyl adjacent to an activating group) is 1. The smallest absolute Gasteiger partial charge is 0.193 e. The minimum Gasteiger partial charge on any atom is -0.385 e. The predicted molar refractivity (Wildman–Crippen MR) is 119 cm³/mol. The third-order valence-corrected chi connectivity index (χ3v) is 5.04. The Kier molecular flexibility index (Phi) is 12.8. The van der Waals surface area contributed by atoms with Crippen molar-refractivity contribution in [2.24, 2.45) is 4.99 Å². The first kappa shape index (κ1) is 23.9. The molecule has 2 rings (SSSR count). The van der Waals surface area contributed by atoms with Crippen LogP contribution in [0.15, 0.2) is 4.99 Å². The molecule has 1 aliphatic heterocycles. The second-order valence-electron chi connectivity index (χ2n) is 7.00. The molecule has 2 aliphatic rings. The molecule has 0 atom stereocenters. The van der Waals surface area contributed by atoms with E-state index in [-0.39, 0.29) is 24.0 Å². The van der Waals surface area contributed by atoms with Crippen molar-refractivity contribution < 1.29 is 9.47 Å². The van der Waals surface area contributed by atoms with E-state index in [2.05, 4.69) is 29.0 Å². The number of aliphatic imine (C=N–C) groups is 1. The highest BCUT2D eigenvalue weighted by Crippen LogP contribution is 2.26. The average molecular weight is 482 g/mol. The number of methoxy groups -OCH3 is 1. The monoisotopic (exact) mass is 482 g/mol. The van der Waals surface area contributed by atoms with Crippen LogP contribution in [-0.4, -0.2) is 87.5 Å². The van der Waals surface area contributed by atoms with E-state index < -0.39 is 0 Å². The van der Waals surface area contributed by atoms with Gasteiger partial charge in [-0.2, -0.15) is 0 Å². The van der Waals surface area contributed by atoms with Gasteiger partial charge in [0.1, 0.15) is 0 Å². The molecular weight excluding hydrogens is 443 g/mol. The molecule has 1 aliphatic carbocycles. The molecule has 1 N–H and O–H groups in total.